The molecule has 3 rings (SSSR count). The van der Waals surface area contributed by atoms with Crippen LogP contribution in [0.15, 0.2) is 24.3 Å². The van der Waals surface area contributed by atoms with Gasteiger partial charge < -0.3 is 10.5 Å². The van der Waals surface area contributed by atoms with Crippen molar-refractivity contribution in [3.05, 3.63) is 35.6 Å². The molecule has 1 saturated carbocycles. The first-order chi connectivity index (χ1) is 8.70. The van der Waals surface area contributed by atoms with Crippen molar-refractivity contribution in [2.24, 2.45) is 11.1 Å². The lowest BCUT2D eigenvalue weighted by atomic mass is 9.48. The normalized spacial score (nSPS) is 24.8. The van der Waals surface area contributed by atoms with E-state index in [2.05, 4.69) is 0 Å². The molecule has 3 heteroatoms. The Balaban J connectivity index is 1.84. The summed E-state index contributed by atoms with van der Waals surface area (Å²) in [7, 11) is 0. The number of hydrogen-bond donors (Lipinski definition) is 1. The summed E-state index contributed by atoms with van der Waals surface area (Å²) in [5, 5.41) is 0. The average Bonchev–Trinajstić information content (AvgIpc) is 2.37. The molecule has 2 aliphatic rings. The lowest BCUT2D eigenvalue weighted by Gasteiger charge is -2.58. The molecule has 98 valence electrons. The maximum absolute atomic E-state index is 14.0. The van der Waals surface area contributed by atoms with Gasteiger partial charge in [-0.05, 0) is 42.7 Å². The van der Waals surface area contributed by atoms with Crippen LogP contribution in [0.3, 0.4) is 0 Å². The van der Waals surface area contributed by atoms with E-state index in [1.165, 1.54) is 0 Å². The van der Waals surface area contributed by atoms with Gasteiger partial charge in [-0.25, -0.2) is 4.39 Å². The van der Waals surface area contributed by atoms with E-state index in [1.54, 1.807) is 12.1 Å². The van der Waals surface area contributed by atoms with Gasteiger partial charge in [-0.1, -0.05) is 18.2 Å². The summed E-state index contributed by atoms with van der Waals surface area (Å²) in [5.41, 5.74) is 7.00. The Hall–Kier alpha value is -0.930. The first-order valence-corrected chi connectivity index (χ1v) is 6.73. The monoisotopic (exact) mass is 249 g/mol. The Labute approximate surface area is 107 Å². The lowest BCUT2D eigenvalue weighted by Crippen LogP contribution is -2.56. The summed E-state index contributed by atoms with van der Waals surface area (Å²) in [4.78, 5) is 0. The molecule has 1 heterocycles. The minimum atomic E-state index is -0.136. The van der Waals surface area contributed by atoms with Gasteiger partial charge >= 0.3 is 0 Å². The molecule has 2 N–H and O–H groups in total. The summed E-state index contributed by atoms with van der Waals surface area (Å²) in [6, 6.07) is 7.09. The third kappa shape index (κ3) is 1.77. The zero-order chi connectivity index (χ0) is 12.6. The molecule has 1 aliphatic carbocycles. The average molecular weight is 249 g/mol. The Bertz CT molecular complexity index is 432. The standard InChI is InChI=1S/C15H20FNO/c16-13-4-2-1-3-12(13)15(11-17)9-14(10-15)5-7-18-8-6-14/h1-4H,5-11,17H2. The highest BCUT2D eigenvalue weighted by molar-refractivity contribution is 5.32. The number of hydrogen-bond acceptors (Lipinski definition) is 2. The third-order valence-electron chi connectivity index (χ3n) is 4.82. The molecule has 2 fully saturated rings. The van der Waals surface area contributed by atoms with Crippen molar-refractivity contribution in [3.8, 4) is 0 Å². The van der Waals surface area contributed by atoms with Gasteiger partial charge in [0.15, 0.2) is 0 Å². The van der Waals surface area contributed by atoms with Crippen molar-refractivity contribution >= 4 is 0 Å². The van der Waals surface area contributed by atoms with Crippen LogP contribution in [0.2, 0.25) is 0 Å². The number of rotatable bonds is 2. The van der Waals surface area contributed by atoms with E-state index >= 15 is 0 Å². The van der Waals surface area contributed by atoms with Crippen LogP contribution in [0, 0.1) is 11.2 Å². The largest absolute Gasteiger partial charge is 0.381 e. The molecule has 1 spiro atoms. The molecule has 0 aromatic heterocycles. The smallest absolute Gasteiger partial charge is 0.127 e. The van der Waals surface area contributed by atoms with Crippen LogP contribution in [0.4, 0.5) is 4.39 Å². The lowest BCUT2D eigenvalue weighted by molar-refractivity contribution is -0.0723. The zero-order valence-electron chi connectivity index (χ0n) is 10.6. The second kappa shape index (κ2) is 4.32. The molecule has 0 radical (unpaired) electrons. The van der Waals surface area contributed by atoms with Crippen LogP contribution < -0.4 is 5.73 Å². The number of ether oxygens (including phenoxy) is 1. The van der Waals surface area contributed by atoms with Gasteiger partial charge in [0.25, 0.3) is 0 Å². The highest BCUT2D eigenvalue weighted by Crippen LogP contribution is 2.60. The quantitative estimate of drug-likeness (QED) is 0.874. The van der Waals surface area contributed by atoms with Gasteiger partial charge in [0.05, 0.1) is 0 Å². The van der Waals surface area contributed by atoms with Crippen molar-refractivity contribution in [1.82, 2.24) is 0 Å². The van der Waals surface area contributed by atoms with Crippen LogP contribution in [-0.4, -0.2) is 19.8 Å². The first kappa shape index (κ1) is 12.1. The van der Waals surface area contributed by atoms with E-state index in [0.29, 0.717) is 12.0 Å². The fraction of sp³-hybridized carbons (Fsp3) is 0.600. The Kier molecular flexibility index (Phi) is 2.91. The first-order valence-electron chi connectivity index (χ1n) is 6.73. The van der Waals surface area contributed by atoms with Crippen LogP contribution in [0.25, 0.3) is 0 Å². The zero-order valence-corrected chi connectivity index (χ0v) is 10.6. The summed E-state index contributed by atoms with van der Waals surface area (Å²) in [5.74, 6) is -0.107. The summed E-state index contributed by atoms with van der Waals surface area (Å²) >= 11 is 0. The van der Waals surface area contributed by atoms with Crippen LogP contribution in [-0.2, 0) is 10.2 Å². The van der Waals surface area contributed by atoms with E-state index in [-0.39, 0.29) is 11.2 Å². The van der Waals surface area contributed by atoms with E-state index < -0.39 is 0 Å². The number of nitrogens with two attached hydrogens (primary N) is 1. The molecule has 1 aromatic carbocycles. The van der Waals surface area contributed by atoms with Crippen molar-refractivity contribution in [2.75, 3.05) is 19.8 Å². The third-order valence-corrected chi connectivity index (χ3v) is 4.82. The highest BCUT2D eigenvalue weighted by Gasteiger charge is 2.55. The molecule has 1 aromatic rings. The van der Waals surface area contributed by atoms with Gasteiger partial charge in [0.2, 0.25) is 0 Å². The molecule has 1 aliphatic heterocycles. The Morgan fingerprint density at radius 1 is 1.17 bits per heavy atom. The maximum Gasteiger partial charge on any atom is 0.127 e. The van der Waals surface area contributed by atoms with E-state index in [9.17, 15) is 4.39 Å². The minimum absolute atomic E-state index is 0.107. The second-order valence-electron chi connectivity index (χ2n) is 5.93. The van der Waals surface area contributed by atoms with Crippen LogP contribution >= 0.6 is 0 Å². The van der Waals surface area contributed by atoms with Crippen molar-refractivity contribution in [2.45, 2.75) is 31.1 Å². The van der Waals surface area contributed by atoms with Crippen molar-refractivity contribution in [1.29, 1.82) is 0 Å². The molecule has 18 heavy (non-hydrogen) atoms. The van der Waals surface area contributed by atoms with Crippen LogP contribution in [0.1, 0.15) is 31.2 Å². The fourth-order valence-electron chi connectivity index (χ4n) is 3.88. The van der Waals surface area contributed by atoms with Gasteiger partial charge in [-0.2, -0.15) is 0 Å². The van der Waals surface area contributed by atoms with Gasteiger partial charge in [-0.15, -0.1) is 0 Å². The van der Waals surface area contributed by atoms with E-state index in [1.807, 2.05) is 12.1 Å². The summed E-state index contributed by atoms with van der Waals surface area (Å²) in [6.07, 6.45) is 4.23. The molecule has 0 atom stereocenters. The van der Waals surface area contributed by atoms with Gasteiger partial charge in [0.1, 0.15) is 5.82 Å². The molecule has 0 bridgehead atoms. The predicted molar refractivity (Wildman–Crippen MR) is 68.9 cm³/mol. The fourth-order valence-corrected chi connectivity index (χ4v) is 3.88. The Morgan fingerprint density at radius 3 is 2.44 bits per heavy atom. The van der Waals surface area contributed by atoms with Gasteiger partial charge in [-0.3, -0.25) is 0 Å². The maximum atomic E-state index is 14.0. The molecule has 0 unspecified atom stereocenters. The van der Waals surface area contributed by atoms with Crippen molar-refractivity contribution < 1.29 is 9.13 Å². The molecule has 2 nitrogen and oxygen atoms in total. The van der Waals surface area contributed by atoms with Crippen molar-refractivity contribution in [3.63, 3.8) is 0 Å². The topological polar surface area (TPSA) is 35.2 Å². The summed E-state index contributed by atoms with van der Waals surface area (Å²) in [6.45, 7) is 2.23. The predicted octanol–water partition coefficient (Wildman–Crippen LogP) is 2.61. The molecular formula is C15H20FNO. The minimum Gasteiger partial charge on any atom is -0.381 e. The molecule has 0 amide bonds. The number of benzene rings is 1. The van der Waals surface area contributed by atoms with Crippen LogP contribution in [0.5, 0.6) is 0 Å². The van der Waals surface area contributed by atoms with E-state index in [0.717, 1.165) is 44.5 Å². The number of halogens is 1. The second-order valence-corrected chi connectivity index (χ2v) is 5.93. The highest BCUT2D eigenvalue weighted by atomic mass is 19.1. The molecular weight excluding hydrogens is 229 g/mol. The van der Waals surface area contributed by atoms with Gasteiger partial charge in [0, 0.05) is 25.2 Å². The SMILES string of the molecule is NCC1(c2ccccc2F)CC2(CCOCC2)C1. The molecule has 1 saturated heterocycles. The summed E-state index contributed by atoms with van der Waals surface area (Å²) < 4.78 is 19.4. The Morgan fingerprint density at radius 2 is 1.83 bits per heavy atom. The van der Waals surface area contributed by atoms with E-state index in [4.69, 9.17) is 10.5 Å².